The Bertz CT molecular complexity index is 1390. The highest BCUT2D eigenvalue weighted by atomic mass is 35.5. The van der Waals surface area contributed by atoms with Crippen LogP contribution in [0.1, 0.15) is 38.7 Å². The summed E-state index contributed by atoms with van der Waals surface area (Å²) >= 11 is 12.3. The first-order valence-electron chi connectivity index (χ1n) is 12.2. The fraction of sp³-hybridized carbons (Fsp3) is 0.500. The third-order valence-electron chi connectivity index (χ3n) is 6.81. The topological polar surface area (TPSA) is 151 Å². The minimum atomic E-state index is -1.14. The van der Waals surface area contributed by atoms with Gasteiger partial charge in [0.05, 0.1) is 16.9 Å². The predicted molar refractivity (Wildman–Crippen MR) is 141 cm³/mol. The molecule has 1 fully saturated rings. The number of benzene rings is 1. The van der Waals surface area contributed by atoms with Crippen LogP contribution in [0.2, 0.25) is 10.0 Å². The number of aromatic nitrogens is 6. The fourth-order valence-corrected chi connectivity index (χ4v) is 5.31. The highest BCUT2D eigenvalue weighted by molar-refractivity contribution is 6.38. The summed E-state index contributed by atoms with van der Waals surface area (Å²) in [6.07, 6.45) is 1.82. The lowest BCUT2D eigenvalue weighted by Crippen LogP contribution is -2.43. The van der Waals surface area contributed by atoms with E-state index < -0.39 is 24.5 Å². The summed E-state index contributed by atoms with van der Waals surface area (Å²) in [4.78, 5) is 22.5. The van der Waals surface area contributed by atoms with Crippen molar-refractivity contribution < 1.29 is 14.9 Å². The number of aliphatic hydroxyl groups is 2. The fourth-order valence-electron chi connectivity index (χ4n) is 4.78. The second-order valence-electron chi connectivity index (χ2n) is 9.64. The number of fused-ring (bicyclic) bond motifs is 2. The number of nitrogens with one attached hydrogen (secondary N) is 1. The molecule has 1 saturated heterocycles. The molecule has 37 heavy (non-hydrogen) atoms. The van der Waals surface area contributed by atoms with Crippen LogP contribution in [0, 0.1) is 0 Å². The molecule has 0 unspecified atom stereocenters. The average molecular weight is 549 g/mol. The van der Waals surface area contributed by atoms with Crippen molar-refractivity contribution in [2.45, 2.75) is 63.7 Å². The van der Waals surface area contributed by atoms with Crippen LogP contribution in [0.5, 0.6) is 0 Å². The summed E-state index contributed by atoms with van der Waals surface area (Å²) in [6, 6.07) is 3.74. The quantitative estimate of drug-likeness (QED) is 0.231. The maximum absolute atomic E-state index is 10.8. The lowest BCUT2D eigenvalue weighted by Gasteiger charge is -2.30. The van der Waals surface area contributed by atoms with E-state index in [9.17, 15) is 10.2 Å². The highest BCUT2D eigenvalue weighted by Gasteiger charge is 2.45. The van der Waals surface area contributed by atoms with Crippen LogP contribution in [0.15, 0.2) is 24.8 Å². The second-order valence-corrected chi connectivity index (χ2v) is 10.5. The number of unbranched alkanes of at least 4 members (excludes halogenated alkanes) is 1. The molecule has 11 nitrogen and oxygen atoms in total. The van der Waals surface area contributed by atoms with Gasteiger partial charge in [0.2, 0.25) is 0 Å². The van der Waals surface area contributed by atoms with Crippen molar-refractivity contribution in [3.8, 4) is 0 Å². The first-order valence-corrected chi connectivity index (χ1v) is 13.0. The number of aromatic amines is 1. The molecule has 0 amide bonds. The van der Waals surface area contributed by atoms with Gasteiger partial charge in [0.15, 0.2) is 17.7 Å². The standard InChI is InChI=1S/C24H30Cl2N8O3/c1-12(2)33(6-4-3-5-17-31-15-8-13(25)7-14(26)18(15)32-17)9-16-20(35)21(36)24(37-16)34-11-30-19-22(27)28-10-29-23(19)34/h7-8,10-12,16,20-21,24,35-36H,3-6,9H2,1-2H3,(H,31,32)(H2,27,28,29)/t16-,20-,21-,24-/m1/s1. The first-order chi connectivity index (χ1) is 17.7. The lowest BCUT2D eigenvalue weighted by molar-refractivity contribution is -0.0469. The molecule has 1 aromatic carbocycles. The minimum absolute atomic E-state index is 0.223. The van der Waals surface area contributed by atoms with Crippen molar-refractivity contribution in [2.75, 3.05) is 18.8 Å². The first kappa shape index (κ1) is 26.1. The predicted octanol–water partition coefficient (Wildman–Crippen LogP) is 2.94. The van der Waals surface area contributed by atoms with E-state index in [0.29, 0.717) is 27.8 Å². The van der Waals surface area contributed by atoms with E-state index in [1.165, 1.54) is 12.7 Å². The molecule has 4 aromatic rings. The van der Waals surface area contributed by atoms with Crippen molar-refractivity contribution >= 4 is 51.2 Å². The number of imidazole rings is 2. The Kier molecular flexibility index (Phi) is 7.53. The van der Waals surface area contributed by atoms with Gasteiger partial charge in [0.1, 0.15) is 41.5 Å². The second kappa shape index (κ2) is 10.7. The molecule has 1 aliphatic heterocycles. The van der Waals surface area contributed by atoms with Gasteiger partial charge in [-0.15, -0.1) is 0 Å². The van der Waals surface area contributed by atoms with E-state index in [2.05, 4.69) is 43.7 Å². The average Bonchev–Trinajstić information content (AvgIpc) is 3.53. The van der Waals surface area contributed by atoms with Gasteiger partial charge in [0, 0.05) is 24.0 Å². The van der Waals surface area contributed by atoms with Crippen molar-refractivity contribution in [3.63, 3.8) is 0 Å². The molecule has 3 aromatic heterocycles. The SMILES string of the molecule is CC(C)N(CCCCc1nc2c(Cl)cc(Cl)cc2[nH]1)C[C@H]1O[C@@H](n2cnc3c(N)ncnc32)[C@H](O)[C@@H]1O. The number of nitrogens with zero attached hydrogens (tertiary/aromatic N) is 6. The van der Waals surface area contributed by atoms with Crippen molar-refractivity contribution in [1.82, 2.24) is 34.4 Å². The van der Waals surface area contributed by atoms with Gasteiger partial charge < -0.3 is 25.7 Å². The number of rotatable bonds is 9. The zero-order valence-corrected chi connectivity index (χ0v) is 22.1. The number of nitrogens with two attached hydrogens (primary N) is 1. The Hall–Kier alpha value is -2.54. The summed E-state index contributed by atoms with van der Waals surface area (Å²) in [5.74, 6) is 1.11. The zero-order valence-electron chi connectivity index (χ0n) is 20.6. The van der Waals surface area contributed by atoms with Crippen molar-refractivity contribution in [2.24, 2.45) is 0 Å². The normalized spacial score (nSPS) is 22.3. The van der Waals surface area contributed by atoms with Crippen LogP contribution in [-0.2, 0) is 11.2 Å². The molecule has 5 rings (SSSR count). The van der Waals surface area contributed by atoms with Gasteiger partial charge in [0.25, 0.3) is 0 Å². The van der Waals surface area contributed by atoms with Gasteiger partial charge >= 0.3 is 0 Å². The Labute approximate surface area is 223 Å². The van der Waals surface area contributed by atoms with Gasteiger partial charge in [-0.05, 0) is 45.4 Å². The summed E-state index contributed by atoms with van der Waals surface area (Å²) in [5.41, 5.74) is 8.31. The molecule has 0 bridgehead atoms. The summed E-state index contributed by atoms with van der Waals surface area (Å²) in [7, 11) is 0. The third-order valence-corrected chi connectivity index (χ3v) is 7.31. The highest BCUT2D eigenvalue weighted by Crippen LogP contribution is 2.33. The van der Waals surface area contributed by atoms with Crippen LogP contribution in [-0.4, -0.2) is 82.0 Å². The number of aryl methyl sites for hydroxylation is 1. The van der Waals surface area contributed by atoms with Crippen LogP contribution in [0.4, 0.5) is 5.82 Å². The van der Waals surface area contributed by atoms with E-state index in [4.69, 9.17) is 33.7 Å². The number of hydrogen-bond donors (Lipinski definition) is 4. The number of hydrogen-bond acceptors (Lipinski definition) is 9. The Morgan fingerprint density at radius 2 is 1.95 bits per heavy atom. The molecule has 0 radical (unpaired) electrons. The third kappa shape index (κ3) is 5.25. The van der Waals surface area contributed by atoms with E-state index in [-0.39, 0.29) is 11.9 Å². The zero-order chi connectivity index (χ0) is 26.3. The van der Waals surface area contributed by atoms with Crippen molar-refractivity contribution in [1.29, 1.82) is 0 Å². The number of H-pyrrole nitrogens is 1. The van der Waals surface area contributed by atoms with Crippen LogP contribution in [0.3, 0.4) is 0 Å². The van der Waals surface area contributed by atoms with Gasteiger partial charge in [-0.1, -0.05) is 23.2 Å². The molecule has 1 aliphatic rings. The number of aliphatic hydroxyl groups excluding tert-OH is 2. The van der Waals surface area contributed by atoms with Crippen LogP contribution < -0.4 is 5.73 Å². The molecule has 198 valence electrons. The summed E-state index contributed by atoms with van der Waals surface area (Å²) in [6.45, 7) is 5.47. The van der Waals surface area contributed by atoms with Gasteiger partial charge in [-0.25, -0.2) is 19.9 Å². The molecule has 13 heteroatoms. The number of nitrogen functional groups attached to an aromatic ring is 1. The summed E-state index contributed by atoms with van der Waals surface area (Å²) in [5, 5.41) is 22.7. The maximum atomic E-state index is 10.8. The molecular formula is C24H30Cl2N8O3. The van der Waals surface area contributed by atoms with Crippen LogP contribution in [0.25, 0.3) is 22.2 Å². The van der Waals surface area contributed by atoms with E-state index in [1.54, 1.807) is 10.6 Å². The number of halogens is 2. The largest absolute Gasteiger partial charge is 0.387 e. The van der Waals surface area contributed by atoms with Gasteiger partial charge in [-0.3, -0.25) is 9.47 Å². The molecule has 4 heterocycles. The minimum Gasteiger partial charge on any atom is -0.387 e. The van der Waals surface area contributed by atoms with Gasteiger partial charge in [-0.2, -0.15) is 0 Å². The molecular weight excluding hydrogens is 519 g/mol. The lowest BCUT2D eigenvalue weighted by atomic mass is 10.1. The molecule has 0 aliphatic carbocycles. The number of anilines is 1. The summed E-state index contributed by atoms with van der Waals surface area (Å²) < 4.78 is 7.72. The monoisotopic (exact) mass is 548 g/mol. The van der Waals surface area contributed by atoms with E-state index in [1.807, 2.05) is 6.07 Å². The van der Waals surface area contributed by atoms with Crippen LogP contribution >= 0.6 is 23.2 Å². The molecule has 0 saturated carbocycles. The number of ether oxygens (including phenoxy) is 1. The molecule has 4 atom stereocenters. The van der Waals surface area contributed by atoms with Crippen molar-refractivity contribution in [3.05, 3.63) is 40.7 Å². The Morgan fingerprint density at radius 3 is 2.73 bits per heavy atom. The Balaban J connectivity index is 1.19. The van der Waals surface area contributed by atoms with E-state index >= 15 is 0 Å². The maximum Gasteiger partial charge on any atom is 0.167 e. The van der Waals surface area contributed by atoms with E-state index in [0.717, 1.165) is 42.7 Å². The molecule has 5 N–H and O–H groups in total. The smallest absolute Gasteiger partial charge is 0.167 e. The Morgan fingerprint density at radius 1 is 1.14 bits per heavy atom. The molecule has 0 spiro atoms.